The molecule has 2 aromatic carbocycles. The summed E-state index contributed by atoms with van der Waals surface area (Å²) in [5.41, 5.74) is 1.29. The number of aromatic nitrogens is 6. The minimum Gasteiger partial charge on any atom is -0.464 e. The highest BCUT2D eigenvalue weighted by atomic mass is 79.9. The van der Waals surface area contributed by atoms with Crippen LogP contribution in [0, 0.1) is 46.8 Å². The van der Waals surface area contributed by atoms with Crippen molar-refractivity contribution in [2.45, 2.75) is 36.9 Å². The number of hydrogen-bond donors (Lipinski definition) is 2. The molecular formula is C46H39BrN10O8. The fraction of sp³-hybridized carbons (Fsp3) is 0.261. The van der Waals surface area contributed by atoms with Crippen LogP contribution in [-0.2, 0) is 31.9 Å². The largest absolute Gasteiger partial charge is 0.464 e. The minimum atomic E-state index is -1.74. The SMILES string of the molecule is C#C[C@]1(O)CCN(C)C1=O.COC(=O)c1nn(-c2cc(Br)cc(CC#N)c2)c2ncccc12.COC(=O)c1nn(-c2cc(C#C[C@]3(O)CCN(C)C3=O)cc(CC#N)c2)c2ncccc12. The first-order valence-electron chi connectivity index (χ1n) is 19.6. The van der Waals surface area contributed by atoms with E-state index in [0.29, 0.717) is 64.1 Å². The van der Waals surface area contributed by atoms with Gasteiger partial charge in [0, 0.05) is 62.5 Å². The van der Waals surface area contributed by atoms with E-state index < -0.39 is 29.0 Å². The van der Waals surface area contributed by atoms with Gasteiger partial charge in [-0.1, -0.05) is 33.7 Å². The summed E-state index contributed by atoms with van der Waals surface area (Å²) in [4.78, 5) is 58.8. The molecule has 4 aromatic heterocycles. The number of ether oxygens (including phenoxy) is 2. The number of rotatable bonds is 6. The summed E-state index contributed by atoms with van der Waals surface area (Å²) in [5, 5.41) is 47.8. The lowest BCUT2D eigenvalue weighted by atomic mass is 10.0. The molecule has 19 heteroatoms. The number of terminal acetylenes is 1. The first kappa shape index (κ1) is 46.6. The van der Waals surface area contributed by atoms with Gasteiger partial charge in [0.25, 0.3) is 11.8 Å². The van der Waals surface area contributed by atoms with Crippen molar-refractivity contribution in [2.24, 2.45) is 0 Å². The number of aliphatic hydroxyl groups is 2. The minimum absolute atomic E-state index is 0.114. The van der Waals surface area contributed by atoms with E-state index in [1.807, 2.05) is 18.2 Å². The second-order valence-electron chi connectivity index (χ2n) is 14.7. The molecule has 0 radical (unpaired) electrons. The number of pyridine rings is 2. The third kappa shape index (κ3) is 9.84. The van der Waals surface area contributed by atoms with E-state index in [0.717, 1.165) is 10.0 Å². The average Bonchev–Trinajstić information content (AvgIpc) is 4.04. The van der Waals surface area contributed by atoms with Crippen LogP contribution in [0.4, 0.5) is 0 Å². The van der Waals surface area contributed by atoms with Crippen LogP contribution in [-0.4, -0.2) is 126 Å². The van der Waals surface area contributed by atoms with E-state index in [-0.39, 0.29) is 36.6 Å². The van der Waals surface area contributed by atoms with Crippen LogP contribution in [0.1, 0.15) is 50.5 Å². The zero-order valence-corrected chi connectivity index (χ0v) is 37.0. The third-order valence-corrected chi connectivity index (χ3v) is 10.7. The van der Waals surface area contributed by atoms with Gasteiger partial charge in [0.2, 0.25) is 11.2 Å². The van der Waals surface area contributed by atoms with Crippen molar-refractivity contribution in [3.8, 4) is 47.7 Å². The first-order valence-corrected chi connectivity index (χ1v) is 20.4. The summed E-state index contributed by atoms with van der Waals surface area (Å²) in [5.74, 6) is 5.71. The second kappa shape index (κ2) is 19.6. The summed E-state index contributed by atoms with van der Waals surface area (Å²) in [6.45, 7) is 0.963. The molecule has 65 heavy (non-hydrogen) atoms. The van der Waals surface area contributed by atoms with Crippen LogP contribution >= 0.6 is 15.9 Å². The van der Waals surface area contributed by atoms with E-state index in [4.69, 9.17) is 21.2 Å². The van der Waals surface area contributed by atoms with Gasteiger partial charge in [-0.2, -0.15) is 20.7 Å². The quantitative estimate of drug-likeness (QED) is 0.180. The summed E-state index contributed by atoms with van der Waals surface area (Å²) in [6.07, 6.45) is 9.15. The van der Waals surface area contributed by atoms with Crippen LogP contribution < -0.4 is 0 Å². The van der Waals surface area contributed by atoms with Gasteiger partial charge >= 0.3 is 11.9 Å². The fourth-order valence-corrected chi connectivity index (χ4v) is 7.43. The van der Waals surface area contributed by atoms with Crippen molar-refractivity contribution in [1.82, 2.24) is 39.3 Å². The molecule has 328 valence electrons. The Bertz CT molecular complexity index is 3060. The molecule has 2 atom stereocenters. The number of halogens is 1. The van der Waals surface area contributed by atoms with Crippen molar-refractivity contribution >= 4 is 61.7 Å². The highest BCUT2D eigenvalue weighted by molar-refractivity contribution is 9.10. The standard InChI is InChI=1S/C23H19N5O4.C16H11BrN4O2.C7H9NO2/c1-27-11-8-23(31,22(27)30)7-5-15-12-16(6-9-24)14-17(13-15)28-20-18(4-3-10-25-20)19(26-28)21(29)32-2;1-23-16(22)14-13-3-2-6-19-15(13)21(20-14)12-8-10(4-5-18)7-11(17)9-12;1-3-7(10)4-5-8(2)6(7)9/h3-4,10,12-14,31H,6,8,11H2,1-2H3;2-3,6-9H,4H2,1H3;1,10H,4-5H2,2H3/t23-;;7-/m0.0/s1. The number of amides is 2. The molecule has 2 N–H and O–H groups in total. The molecule has 2 fully saturated rings. The molecular weight excluding hydrogens is 900 g/mol. The number of benzene rings is 2. The molecule has 0 aliphatic carbocycles. The number of nitriles is 2. The zero-order chi connectivity index (χ0) is 47.1. The van der Waals surface area contributed by atoms with Gasteiger partial charge in [-0.25, -0.2) is 28.9 Å². The topological polar surface area (TPSA) is 243 Å². The van der Waals surface area contributed by atoms with Crippen molar-refractivity contribution in [3.63, 3.8) is 0 Å². The summed E-state index contributed by atoms with van der Waals surface area (Å²) in [7, 11) is 5.82. The summed E-state index contributed by atoms with van der Waals surface area (Å²) in [6, 6.07) is 21.9. The fourth-order valence-electron chi connectivity index (χ4n) is 6.90. The third-order valence-electron chi connectivity index (χ3n) is 10.3. The number of carbonyl (C=O) groups is 4. The Balaban J connectivity index is 0.000000184. The van der Waals surface area contributed by atoms with E-state index in [2.05, 4.69) is 66.0 Å². The number of likely N-dealkylation sites (tertiary alicyclic amines) is 2. The Labute approximate surface area is 380 Å². The van der Waals surface area contributed by atoms with E-state index in [1.54, 1.807) is 73.6 Å². The number of methoxy groups -OCH3 is 2. The van der Waals surface area contributed by atoms with E-state index in [1.165, 1.54) is 28.7 Å². The molecule has 6 heterocycles. The number of fused-ring (bicyclic) bond motifs is 2. The molecule has 2 aliphatic rings. The molecule has 2 saturated heterocycles. The molecule has 0 unspecified atom stereocenters. The normalized spacial score (nSPS) is 17.4. The molecule has 18 nitrogen and oxygen atoms in total. The Morgan fingerprint density at radius 1 is 0.769 bits per heavy atom. The van der Waals surface area contributed by atoms with Gasteiger partial charge in [0.05, 0.1) is 61.3 Å². The van der Waals surface area contributed by atoms with Crippen molar-refractivity contribution in [3.05, 3.63) is 106 Å². The lowest BCUT2D eigenvalue weighted by Crippen LogP contribution is -2.37. The number of likely N-dealkylation sites (N-methyl/N-ethyl adjacent to an activating group) is 2. The second-order valence-corrected chi connectivity index (χ2v) is 15.6. The van der Waals surface area contributed by atoms with Crippen LogP contribution in [0.5, 0.6) is 0 Å². The van der Waals surface area contributed by atoms with Crippen LogP contribution in [0.15, 0.2) is 77.5 Å². The van der Waals surface area contributed by atoms with Crippen molar-refractivity contribution < 1.29 is 38.9 Å². The number of hydrogen-bond acceptors (Lipinski definition) is 14. The Morgan fingerprint density at radius 3 is 1.68 bits per heavy atom. The first-order chi connectivity index (χ1) is 31.1. The summed E-state index contributed by atoms with van der Waals surface area (Å²) >= 11 is 3.43. The smallest absolute Gasteiger partial charge is 0.359 e. The molecule has 2 amide bonds. The monoisotopic (exact) mass is 938 g/mol. The molecule has 2 aliphatic heterocycles. The molecule has 0 saturated carbocycles. The zero-order valence-electron chi connectivity index (χ0n) is 35.4. The Kier molecular flexibility index (Phi) is 14.1. The number of nitrogens with zero attached hydrogens (tertiary/aromatic N) is 10. The van der Waals surface area contributed by atoms with Crippen LogP contribution in [0.2, 0.25) is 0 Å². The van der Waals surface area contributed by atoms with Crippen LogP contribution in [0.25, 0.3) is 33.4 Å². The molecule has 6 aromatic rings. The Hall–Kier alpha value is -7.94. The lowest BCUT2D eigenvalue weighted by Gasteiger charge is -2.13. The predicted octanol–water partition coefficient (Wildman–Crippen LogP) is 3.47. The van der Waals surface area contributed by atoms with E-state index in [9.17, 15) is 34.7 Å². The van der Waals surface area contributed by atoms with Crippen molar-refractivity contribution in [2.75, 3.05) is 41.4 Å². The maximum Gasteiger partial charge on any atom is 0.359 e. The molecule has 0 bridgehead atoms. The maximum atomic E-state index is 12.2. The van der Waals surface area contributed by atoms with Crippen molar-refractivity contribution in [1.29, 1.82) is 10.5 Å². The van der Waals surface area contributed by atoms with Gasteiger partial charge in [0.1, 0.15) is 0 Å². The van der Waals surface area contributed by atoms with Gasteiger partial charge in [-0.15, -0.1) is 6.42 Å². The van der Waals surface area contributed by atoms with Gasteiger partial charge in [0.15, 0.2) is 22.7 Å². The lowest BCUT2D eigenvalue weighted by molar-refractivity contribution is -0.138. The molecule has 0 spiro atoms. The number of carbonyl (C=O) groups excluding carboxylic acids is 4. The highest BCUT2D eigenvalue weighted by Gasteiger charge is 2.43. The number of esters is 2. The Morgan fingerprint density at radius 2 is 1.25 bits per heavy atom. The van der Waals surface area contributed by atoms with Gasteiger partial charge < -0.3 is 29.5 Å². The van der Waals surface area contributed by atoms with Crippen LogP contribution in [0.3, 0.4) is 0 Å². The van der Waals surface area contributed by atoms with Gasteiger partial charge in [-0.05, 0) is 71.8 Å². The molecule has 8 rings (SSSR count). The highest BCUT2D eigenvalue weighted by Crippen LogP contribution is 2.27. The maximum absolute atomic E-state index is 12.2. The average molecular weight is 940 g/mol. The summed E-state index contributed by atoms with van der Waals surface area (Å²) < 4.78 is 13.5. The predicted molar refractivity (Wildman–Crippen MR) is 237 cm³/mol. The van der Waals surface area contributed by atoms with Gasteiger partial charge in [-0.3, -0.25) is 9.59 Å². The van der Waals surface area contributed by atoms with E-state index >= 15 is 0 Å².